The number of hydrogen-bond acceptors (Lipinski definition) is 9. The normalized spacial score (nSPS) is 11.4. The Morgan fingerprint density at radius 2 is 2.32 bits per heavy atom. The van der Waals surface area contributed by atoms with Gasteiger partial charge in [-0.15, -0.1) is 0 Å². The van der Waals surface area contributed by atoms with Gasteiger partial charge in [0.25, 0.3) is 5.19 Å². The monoisotopic (exact) mass is 333 g/mol. The van der Waals surface area contributed by atoms with Crippen LogP contribution >= 0.6 is 11.3 Å². The van der Waals surface area contributed by atoms with Crippen molar-refractivity contribution in [2.24, 2.45) is 5.73 Å². The van der Waals surface area contributed by atoms with Crippen molar-refractivity contribution in [2.75, 3.05) is 34.3 Å². The number of hydrogen-bond donors (Lipinski definition) is 3. The summed E-state index contributed by atoms with van der Waals surface area (Å²) in [6.45, 7) is 3.92. The van der Waals surface area contributed by atoms with Crippen LogP contribution in [0.3, 0.4) is 0 Å². The lowest BCUT2D eigenvalue weighted by molar-refractivity contribution is -0.431. The molecule has 0 fully saturated rings. The molecular weight excluding hydrogens is 310 g/mol. The highest BCUT2D eigenvalue weighted by molar-refractivity contribution is 7.11. The highest BCUT2D eigenvalue weighted by Crippen LogP contribution is 2.18. The van der Waals surface area contributed by atoms with E-state index in [1.54, 1.807) is 0 Å². The van der Waals surface area contributed by atoms with Gasteiger partial charge in [-0.05, 0) is 32.6 Å². The largest absolute Gasteiger partial charge is 0.467 e. The van der Waals surface area contributed by atoms with E-state index in [2.05, 4.69) is 22.6 Å². The average Bonchev–Trinajstić information content (AvgIpc) is 2.91. The van der Waals surface area contributed by atoms with Crippen LogP contribution < -0.4 is 15.8 Å². The molecule has 0 aliphatic carbocycles. The molecular formula is C12H23N5O4S. The average molecular weight is 333 g/mol. The fourth-order valence-corrected chi connectivity index (χ4v) is 1.95. The third kappa shape index (κ3) is 8.52. The van der Waals surface area contributed by atoms with Gasteiger partial charge in [0.15, 0.2) is 0 Å². The van der Waals surface area contributed by atoms with E-state index >= 15 is 0 Å². The minimum atomic E-state index is -0.882. The third-order valence-electron chi connectivity index (χ3n) is 2.17. The van der Waals surface area contributed by atoms with Gasteiger partial charge in [-0.25, -0.2) is 4.98 Å². The number of nitrogens with one attached hydrogen (secondary N) is 1. The van der Waals surface area contributed by atoms with Crippen LogP contribution in [0, 0.1) is 10.1 Å². The number of ether oxygens (including phenoxy) is 1. The van der Waals surface area contributed by atoms with Crippen molar-refractivity contribution in [1.82, 2.24) is 15.2 Å². The molecule has 1 aromatic rings. The number of aliphatic hydroxyl groups is 1. The Morgan fingerprint density at radius 3 is 2.86 bits per heavy atom. The van der Waals surface area contributed by atoms with Gasteiger partial charge in [0.05, 0.1) is 5.69 Å². The van der Waals surface area contributed by atoms with E-state index in [1.807, 2.05) is 24.4 Å². The van der Waals surface area contributed by atoms with Gasteiger partial charge in [-0.3, -0.25) is 5.32 Å². The number of rotatable bonds is 9. The fourth-order valence-electron chi connectivity index (χ4n) is 1.28. The first-order valence-corrected chi connectivity index (χ1v) is 7.31. The van der Waals surface area contributed by atoms with Crippen molar-refractivity contribution in [3.8, 4) is 5.19 Å². The van der Waals surface area contributed by atoms with Crippen LogP contribution in [0.15, 0.2) is 17.8 Å². The molecule has 1 unspecified atom stereocenters. The van der Waals surface area contributed by atoms with Gasteiger partial charge >= 0.3 is 5.82 Å². The smallest absolute Gasteiger partial charge is 0.309 e. The van der Waals surface area contributed by atoms with Gasteiger partial charge < -0.3 is 30.6 Å². The van der Waals surface area contributed by atoms with Crippen molar-refractivity contribution in [1.29, 1.82) is 0 Å². The molecule has 0 aromatic carbocycles. The third-order valence-corrected chi connectivity index (χ3v) is 2.97. The second kappa shape index (κ2) is 10.9. The Kier molecular flexibility index (Phi) is 10.0. The minimum absolute atomic E-state index is 0.00422. The number of aromatic nitrogens is 1. The van der Waals surface area contributed by atoms with Crippen LogP contribution in [0.4, 0.5) is 0 Å². The molecule has 126 valence electrons. The maximum atomic E-state index is 10.3. The fraction of sp³-hybridized carbons (Fsp3) is 0.583. The maximum Gasteiger partial charge on any atom is 0.309 e. The van der Waals surface area contributed by atoms with E-state index in [9.17, 15) is 15.2 Å². The molecule has 22 heavy (non-hydrogen) atoms. The molecule has 0 aliphatic rings. The van der Waals surface area contributed by atoms with Crippen LogP contribution in [-0.2, 0) is 6.54 Å². The Balaban J connectivity index is 0.00000211. The molecule has 10 heteroatoms. The van der Waals surface area contributed by atoms with Crippen LogP contribution in [-0.4, -0.2) is 60.3 Å². The number of nitrogens with zero attached hydrogens (tertiary/aromatic N) is 3. The molecule has 0 radical (unpaired) electrons. The van der Waals surface area contributed by atoms with E-state index in [0.29, 0.717) is 11.7 Å². The molecule has 1 atom stereocenters. The Labute approximate surface area is 133 Å². The number of thiazole rings is 1. The summed E-state index contributed by atoms with van der Waals surface area (Å²) in [6, 6.07) is 0. The predicted molar refractivity (Wildman–Crippen MR) is 85.3 cm³/mol. The Hall–Kier alpha value is -1.75. The summed E-state index contributed by atoms with van der Waals surface area (Å²) in [5.41, 5.74) is 5.39. The summed E-state index contributed by atoms with van der Waals surface area (Å²) in [6.07, 6.45) is -0.882. The van der Waals surface area contributed by atoms with E-state index in [-0.39, 0.29) is 19.0 Å². The van der Waals surface area contributed by atoms with Gasteiger partial charge in [-0.1, -0.05) is 11.3 Å². The van der Waals surface area contributed by atoms with Crippen molar-refractivity contribution < 1.29 is 14.8 Å². The lowest BCUT2D eigenvalue weighted by atomic mass is 10.4. The van der Waals surface area contributed by atoms with Gasteiger partial charge in [0, 0.05) is 11.9 Å². The summed E-state index contributed by atoms with van der Waals surface area (Å²) in [5.74, 6) is -0.355. The molecule has 0 aliphatic heterocycles. The molecule has 4 N–H and O–H groups in total. The highest BCUT2D eigenvalue weighted by Gasteiger charge is 2.12. The minimum Gasteiger partial charge on any atom is -0.467 e. The molecule has 9 nitrogen and oxygen atoms in total. The Bertz CT molecular complexity index is 466. The molecule has 1 heterocycles. The first-order chi connectivity index (χ1) is 10.4. The molecule has 0 amide bonds. The quantitative estimate of drug-likeness (QED) is 0.421. The molecule has 1 aromatic heterocycles. The molecule has 0 bridgehead atoms. The van der Waals surface area contributed by atoms with E-state index in [0.717, 1.165) is 5.69 Å². The number of aliphatic hydroxyl groups excluding tert-OH is 1. The van der Waals surface area contributed by atoms with Gasteiger partial charge in [-0.2, -0.15) is 0 Å². The summed E-state index contributed by atoms with van der Waals surface area (Å²) >= 11 is 1.35. The SMILES string of the molecule is C=C(NCC(O)COc1nc(CN(C)C)cs1)[N+](=O)[O-].CN. The molecule has 0 spiro atoms. The van der Waals surface area contributed by atoms with Gasteiger partial charge in [0.2, 0.25) is 0 Å². The second-order valence-electron chi connectivity index (χ2n) is 4.39. The first-order valence-electron chi connectivity index (χ1n) is 6.43. The van der Waals surface area contributed by atoms with E-state index < -0.39 is 11.0 Å². The zero-order chi connectivity index (χ0) is 17.1. The lowest BCUT2D eigenvalue weighted by Gasteiger charge is -2.09. The van der Waals surface area contributed by atoms with Crippen molar-refractivity contribution in [2.45, 2.75) is 12.6 Å². The van der Waals surface area contributed by atoms with Crippen LogP contribution in [0.2, 0.25) is 0 Å². The second-order valence-corrected chi connectivity index (χ2v) is 5.21. The topological polar surface area (TPSA) is 127 Å². The van der Waals surface area contributed by atoms with Crippen LogP contribution in [0.25, 0.3) is 0 Å². The number of nitrogens with two attached hydrogens (primary N) is 1. The predicted octanol–water partition coefficient (Wildman–Crippen LogP) is -0.143. The van der Waals surface area contributed by atoms with Crippen molar-refractivity contribution in [3.63, 3.8) is 0 Å². The summed E-state index contributed by atoms with van der Waals surface area (Å²) in [7, 11) is 5.38. The molecule has 1 rings (SSSR count). The van der Waals surface area contributed by atoms with Crippen molar-refractivity contribution in [3.05, 3.63) is 33.6 Å². The summed E-state index contributed by atoms with van der Waals surface area (Å²) in [4.78, 5) is 15.9. The zero-order valence-electron chi connectivity index (χ0n) is 13.0. The van der Waals surface area contributed by atoms with E-state index in [1.165, 1.54) is 18.4 Å². The summed E-state index contributed by atoms with van der Waals surface area (Å²) in [5, 5.41) is 24.7. The lowest BCUT2D eigenvalue weighted by Crippen LogP contribution is -2.32. The molecule has 0 saturated heterocycles. The Morgan fingerprint density at radius 1 is 1.68 bits per heavy atom. The molecule has 0 saturated carbocycles. The standard InChI is InChI=1S/C11H18N4O4S.CH5N/c1-8(15(17)18)12-4-10(16)6-19-11-13-9(7-20-11)5-14(2)3;1-2/h7,10,12,16H,1,4-6H2,2-3H3;2H2,1H3. The van der Waals surface area contributed by atoms with Crippen LogP contribution in [0.1, 0.15) is 5.69 Å². The van der Waals surface area contributed by atoms with E-state index in [4.69, 9.17) is 4.74 Å². The van der Waals surface area contributed by atoms with Gasteiger partial charge in [0.1, 0.15) is 19.3 Å². The van der Waals surface area contributed by atoms with Crippen LogP contribution in [0.5, 0.6) is 5.19 Å². The zero-order valence-corrected chi connectivity index (χ0v) is 13.8. The summed E-state index contributed by atoms with van der Waals surface area (Å²) < 4.78 is 5.32. The maximum absolute atomic E-state index is 10.3. The van der Waals surface area contributed by atoms with Crippen molar-refractivity contribution >= 4 is 11.3 Å². The first kappa shape index (κ1) is 20.2. The number of nitro groups is 1. The highest BCUT2D eigenvalue weighted by atomic mass is 32.1.